The summed E-state index contributed by atoms with van der Waals surface area (Å²) < 4.78 is 5.24. The Bertz CT molecular complexity index is 1070. The van der Waals surface area contributed by atoms with E-state index in [0.29, 0.717) is 11.3 Å². The molecule has 0 aliphatic heterocycles. The van der Waals surface area contributed by atoms with E-state index >= 15 is 0 Å². The Hall–Kier alpha value is -2.74. The highest BCUT2D eigenvalue weighted by atomic mass is 35.5. The van der Waals surface area contributed by atoms with Crippen LogP contribution in [0.15, 0.2) is 46.9 Å². The molecule has 7 nitrogen and oxygen atoms in total. The van der Waals surface area contributed by atoms with Crippen LogP contribution in [0.25, 0.3) is 11.3 Å². The van der Waals surface area contributed by atoms with Crippen LogP contribution in [0.3, 0.4) is 0 Å². The van der Waals surface area contributed by atoms with Crippen molar-refractivity contribution in [2.24, 2.45) is 0 Å². The Balaban J connectivity index is 0.00000145. The monoisotopic (exact) mass is 456 g/mol. The lowest BCUT2D eigenvalue weighted by atomic mass is 10.1. The minimum absolute atomic E-state index is 0.0232. The Kier molecular flexibility index (Phi) is 7.50. The number of phenols is 1. The number of nitro benzene ring substituents is 1. The van der Waals surface area contributed by atoms with Crippen molar-refractivity contribution >= 4 is 52.1 Å². The van der Waals surface area contributed by atoms with Gasteiger partial charge in [0.25, 0.3) is 11.6 Å². The Morgan fingerprint density at radius 1 is 1.07 bits per heavy atom. The van der Waals surface area contributed by atoms with Crippen LogP contribution in [0.2, 0.25) is 15.3 Å². The minimum atomic E-state index is -0.700. The molecule has 0 spiro atoms. The number of non-ortho nitro benzene ring substituents is 1. The summed E-state index contributed by atoms with van der Waals surface area (Å²) in [5.41, 5.74) is 0.164. The van der Waals surface area contributed by atoms with Crippen LogP contribution in [0.1, 0.15) is 24.2 Å². The van der Waals surface area contributed by atoms with E-state index in [1.54, 1.807) is 6.07 Å². The predicted molar refractivity (Wildman–Crippen MR) is 113 cm³/mol. The molecule has 0 unspecified atom stereocenters. The first-order valence-corrected chi connectivity index (χ1v) is 9.43. The number of anilines is 1. The second-order valence-electron chi connectivity index (χ2n) is 5.33. The van der Waals surface area contributed by atoms with Gasteiger partial charge in [-0.25, -0.2) is 0 Å². The maximum atomic E-state index is 12.4. The number of nitrogens with one attached hydrogen (secondary N) is 1. The van der Waals surface area contributed by atoms with Crippen LogP contribution in [-0.2, 0) is 0 Å². The van der Waals surface area contributed by atoms with E-state index in [4.69, 9.17) is 39.2 Å². The number of nitrogens with zero attached hydrogens (tertiary/aromatic N) is 1. The van der Waals surface area contributed by atoms with E-state index in [2.05, 4.69) is 5.32 Å². The molecular formula is C19H15Cl3N2O5. The highest BCUT2D eigenvalue weighted by molar-refractivity contribution is 6.35. The molecule has 3 rings (SSSR count). The zero-order valence-corrected chi connectivity index (χ0v) is 17.5. The summed E-state index contributed by atoms with van der Waals surface area (Å²) in [6.45, 7) is 4.00. The zero-order valence-electron chi connectivity index (χ0n) is 15.2. The van der Waals surface area contributed by atoms with Gasteiger partial charge in [0.05, 0.1) is 26.2 Å². The number of nitro groups is 1. The fourth-order valence-electron chi connectivity index (χ4n) is 2.30. The Morgan fingerprint density at radius 2 is 1.76 bits per heavy atom. The van der Waals surface area contributed by atoms with Gasteiger partial charge >= 0.3 is 0 Å². The van der Waals surface area contributed by atoms with Gasteiger partial charge in [0.1, 0.15) is 11.5 Å². The molecule has 1 amide bonds. The van der Waals surface area contributed by atoms with Crippen molar-refractivity contribution < 1.29 is 19.2 Å². The van der Waals surface area contributed by atoms with Crippen molar-refractivity contribution in [2.75, 3.05) is 5.32 Å². The number of phenolic OH excluding ortho intramolecular Hbond substituents is 1. The molecule has 2 N–H and O–H groups in total. The quantitative estimate of drug-likeness (QED) is 0.331. The summed E-state index contributed by atoms with van der Waals surface area (Å²) in [6, 6.07) is 9.20. The molecule has 2 aromatic carbocycles. The average Bonchev–Trinajstić information content (AvgIpc) is 3.12. The summed E-state index contributed by atoms with van der Waals surface area (Å²) in [4.78, 5) is 22.6. The number of hydrogen-bond acceptors (Lipinski definition) is 5. The number of halogens is 3. The molecule has 0 aliphatic rings. The molecule has 0 saturated carbocycles. The Morgan fingerprint density at radius 3 is 2.31 bits per heavy atom. The minimum Gasteiger partial charge on any atom is -0.507 e. The highest BCUT2D eigenvalue weighted by Crippen LogP contribution is 2.36. The molecule has 1 aromatic heterocycles. The fourth-order valence-corrected chi connectivity index (χ4v) is 2.93. The first kappa shape index (κ1) is 22.5. The molecule has 152 valence electrons. The van der Waals surface area contributed by atoms with Crippen molar-refractivity contribution in [3.8, 4) is 17.1 Å². The van der Waals surface area contributed by atoms with Crippen LogP contribution in [0.5, 0.6) is 5.75 Å². The van der Waals surface area contributed by atoms with Crippen LogP contribution >= 0.6 is 34.8 Å². The standard InChI is InChI=1S/C17H9Cl3N2O5.C2H6/c18-11-6-10(14(23)7-9(11)15-3-4-16(20)27-15)17(24)21-13-2-1-8(22(25)26)5-12(13)19;1-2/h1-7,23H,(H,21,24);1-2H3. The molecule has 29 heavy (non-hydrogen) atoms. The summed E-state index contributed by atoms with van der Waals surface area (Å²) in [5.74, 6) is -0.725. The largest absolute Gasteiger partial charge is 0.507 e. The van der Waals surface area contributed by atoms with Gasteiger partial charge in [0.2, 0.25) is 0 Å². The van der Waals surface area contributed by atoms with Gasteiger partial charge in [0, 0.05) is 17.7 Å². The Labute approximate surface area is 181 Å². The predicted octanol–water partition coefficient (Wildman–Crippen LogP) is 6.80. The molecule has 1 heterocycles. The lowest BCUT2D eigenvalue weighted by molar-refractivity contribution is -0.384. The second-order valence-corrected chi connectivity index (χ2v) is 6.52. The number of rotatable bonds is 4. The smallest absolute Gasteiger partial charge is 0.271 e. The average molecular weight is 458 g/mol. The van der Waals surface area contributed by atoms with E-state index < -0.39 is 10.8 Å². The third-order valence-corrected chi connectivity index (χ3v) is 4.41. The normalized spacial score (nSPS) is 10.1. The van der Waals surface area contributed by atoms with Gasteiger partial charge in [-0.3, -0.25) is 14.9 Å². The van der Waals surface area contributed by atoms with Gasteiger partial charge in [-0.1, -0.05) is 37.0 Å². The number of carbonyl (C=O) groups is 1. The SMILES string of the molecule is CC.O=C(Nc1ccc([N+](=O)[O-])cc1Cl)c1cc(Cl)c(-c2ccc(Cl)o2)cc1O. The molecule has 0 aliphatic carbocycles. The van der Waals surface area contributed by atoms with Gasteiger partial charge in [-0.05, 0) is 41.9 Å². The summed E-state index contributed by atoms with van der Waals surface area (Å²) in [6.07, 6.45) is 0. The van der Waals surface area contributed by atoms with Gasteiger partial charge in [0.15, 0.2) is 5.22 Å². The number of aromatic hydroxyl groups is 1. The van der Waals surface area contributed by atoms with Crippen molar-refractivity contribution in [1.29, 1.82) is 0 Å². The van der Waals surface area contributed by atoms with Crippen molar-refractivity contribution in [2.45, 2.75) is 13.8 Å². The second kappa shape index (κ2) is 9.65. The van der Waals surface area contributed by atoms with Crippen molar-refractivity contribution in [3.63, 3.8) is 0 Å². The topological polar surface area (TPSA) is 106 Å². The van der Waals surface area contributed by atoms with E-state index in [1.807, 2.05) is 13.8 Å². The van der Waals surface area contributed by atoms with Gasteiger partial charge in [-0.15, -0.1) is 0 Å². The van der Waals surface area contributed by atoms with Crippen molar-refractivity contribution in [3.05, 3.63) is 73.4 Å². The van der Waals surface area contributed by atoms with Gasteiger partial charge < -0.3 is 14.8 Å². The molecule has 0 saturated heterocycles. The third-order valence-electron chi connectivity index (χ3n) is 3.58. The summed E-state index contributed by atoms with van der Waals surface area (Å²) >= 11 is 17.9. The molecule has 0 bridgehead atoms. The maximum absolute atomic E-state index is 12.4. The zero-order chi connectivity index (χ0) is 21.7. The number of benzene rings is 2. The first-order chi connectivity index (χ1) is 13.8. The fraction of sp³-hybridized carbons (Fsp3) is 0.105. The van der Waals surface area contributed by atoms with Crippen LogP contribution in [0.4, 0.5) is 11.4 Å². The molecular weight excluding hydrogens is 443 g/mol. The van der Waals surface area contributed by atoms with E-state index in [1.165, 1.54) is 30.3 Å². The number of furan rings is 1. The number of amides is 1. The van der Waals surface area contributed by atoms with Crippen LogP contribution in [-0.4, -0.2) is 15.9 Å². The summed E-state index contributed by atoms with van der Waals surface area (Å²) in [5, 5.41) is 23.7. The van der Waals surface area contributed by atoms with Crippen molar-refractivity contribution in [1.82, 2.24) is 0 Å². The molecule has 0 fully saturated rings. The molecule has 10 heteroatoms. The number of hydrogen-bond donors (Lipinski definition) is 2. The maximum Gasteiger partial charge on any atom is 0.271 e. The number of carbonyl (C=O) groups excluding carboxylic acids is 1. The molecule has 0 radical (unpaired) electrons. The summed E-state index contributed by atoms with van der Waals surface area (Å²) in [7, 11) is 0. The highest BCUT2D eigenvalue weighted by Gasteiger charge is 2.19. The van der Waals surface area contributed by atoms with E-state index in [9.17, 15) is 20.0 Å². The first-order valence-electron chi connectivity index (χ1n) is 8.30. The van der Waals surface area contributed by atoms with Crippen LogP contribution in [0, 0.1) is 10.1 Å². The molecule has 3 aromatic rings. The lowest BCUT2D eigenvalue weighted by Crippen LogP contribution is -2.12. The lowest BCUT2D eigenvalue weighted by Gasteiger charge is -2.10. The van der Waals surface area contributed by atoms with Crippen LogP contribution < -0.4 is 5.32 Å². The van der Waals surface area contributed by atoms with E-state index in [-0.39, 0.29) is 38.0 Å². The molecule has 0 atom stereocenters. The third kappa shape index (κ3) is 5.20. The van der Waals surface area contributed by atoms with E-state index in [0.717, 1.165) is 6.07 Å². The van der Waals surface area contributed by atoms with Gasteiger partial charge in [-0.2, -0.15) is 0 Å².